The maximum absolute atomic E-state index is 11.0. The lowest BCUT2D eigenvalue weighted by Crippen LogP contribution is -2.01. The Morgan fingerprint density at radius 3 is 2.50 bits per heavy atom. The van der Waals surface area contributed by atoms with Crippen molar-refractivity contribution in [1.29, 1.82) is 0 Å². The van der Waals surface area contributed by atoms with Gasteiger partial charge in [-0.1, -0.05) is 35.9 Å². The largest absolute Gasteiger partial charge is 0.427 e. The van der Waals surface area contributed by atoms with Crippen LogP contribution >= 0.6 is 0 Å². The van der Waals surface area contributed by atoms with Crippen LogP contribution in [-0.4, -0.2) is 5.97 Å². The van der Waals surface area contributed by atoms with Crippen LogP contribution in [0, 0.1) is 13.8 Å². The molecule has 2 nitrogen and oxygen atoms in total. The first-order valence-electron chi connectivity index (χ1n) is 5.92. The molecule has 2 rings (SSSR count). The molecular formula is C16H16O2. The first-order valence-corrected chi connectivity index (χ1v) is 5.92. The molecule has 0 aliphatic heterocycles. The van der Waals surface area contributed by atoms with Gasteiger partial charge in [-0.05, 0) is 42.7 Å². The Kier molecular flexibility index (Phi) is 3.47. The smallest absolute Gasteiger partial charge is 0.308 e. The van der Waals surface area contributed by atoms with Gasteiger partial charge >= 0.3 is 5.97 Å². The molecule has 0 heterocycles. The molecule has 0 aliphatic rings. The Labute approximate surface area is 107 Å². The van der Waals surface area contributed by atoms with Gasteiger partial charge in [0.15, 0.2) is 0 Å². The molecule has 0 fully saturated rings. The highest BCUT2D eigenvalue weighted by atomic mass is 16.5. The zero-order chi connectivity index (χ0) is 13.1. The quantitative estimate of drug-likeness (QED) is 0.588. The molecule has 0 saturated heterocycles. The lowest BCUT2D eigenvalue weighted by Gasteiger charge is -2.09. The first-order chi connectivity index (χ1) is 8.56. The fourth-order valence-electron chi connectivity index (χ4n) is 2.03. The third-order valence-electron chi connectivity index (χ3n) is 2.79. The van der Waals surface area contributed by atoms with Gasteiger partial charge in [0.1, 0.15) is 5.75 Å². The number of carbonyl (C=O) groups excluding carboxylic acids is 1. The van der Waals surface area contributed by atoms with Crippen molar-refractivity contribution in [3.8, 4) is 16.9 Å². The molecular weight excluding hydrogens is 224 g/mol. The van der Waals surface area contributed by atoms with E-state index in [-0.39, 0.29) is 5.97 Å². The number of hydrogen-bond acceptors (Lipinski definition) is 2. The van der Waals surface area contributed by atoms with Crippen LogP contribution in [0.25, 0.3) is 11.1 Å². The van der Waals surface area contributed by atoms with Crippen LogP contribution in [-0.2, 0) is 4.79 Å². The lowest BCUT2D eigenvalue weighted by molar-refractivity contribution is -0.131. The molecule has 0 amide bonds. The van der Waals surface area contributed by atoms with E-state index in [0.29, 0.717) is 5.75 Å². The summed E-state index contributed by atoms with van der Waals surface area (Å²) in [6.45, 7) is 5.57. The molecule has 2 heteroatoms. The van der Waals surface area contributed by atoms with E-state index < -0.39 is 0 Å². The van der Waals surface area contributed by atoms with E-state index in [4.69, 9.17) is 4.74 Å². The van der Waals surface area contributed by atoms with Crippen molar-refractivity contribution >= 4 is 5.97 Å². The Morgan fingerprint density at radius 1 is 1.06 bits per heavy atom. The van der Waals surface area contributed by atoms with Crippen LogP contribution in [0.5, 0.6) is 5.75 Å². The average Bonchev–Trinajstić information content (AvgIpc) is 2.28. The van der Waals surface area contributed by atoms with Crippen molar-refractivity contribution in [3.05, 3.63) is 53.6 Å². The molecule has 0 bridgehead atoms. The maximum Gasteiger partial charge on any atom is 0.308 e. The zero-order valence-corrected chi connectivity index (χ0v) is 10.9. The van der Waals surface area contributed by atoms with Gasteiger partial charge in [0.25, 0.3) is 0 Å². The molecule has 0 N–H and O–H groups in total. The fraction of sp³-hybridized carbons (Fsp3) is 0.188. The standard InChI is InChI=1S/C16H16O2/c1-11-7-8-16(12(2)9-11)14-5-4-6-15(10-14)18-13(3)17/h4-10H,1-3H3. The Bertz CT molecular complexity index is 585. The third kappa shape index (κ3) is 2.77. The monoisotopic (exact) mass is 240 g/mol. The van der Waals surface area contributed by atoms with E-state index in [2.05, 4.69) is 32.0 Å². The van der Waals surface area contributed by atoms with E-state index in [1.807, 2.05) is 18.2 Å². The summed E-state index contributed by atoms with van der Waals surface area (Å²) in [6, 6.07) is 13.9. The lowest BCUT2D eigenvalue weighted by atomic mass is 9.99. The maximum atomic E-state index is 11.0. The number of aryl methyl sites for hydroxylation is 2. The Morgan fingerprint density at radius 2 is 1.83 bits per heavy atom. The van der Waals surface area contributed by atoms with Crippen molar-refractivity contribution in [1.82, 2.24) is 0 Å². The number of rotatable bonds is 2. The highest BCUT2D eigenvalue weighted by molar-refractivity contribution is 5.72. The molecule has 0 aliphatic carbocycles. The molecule has 0 aromatic heterocycles. The van der Waals surface area contributed by atoms with Gasteiger partial charge < -0.3 is 4.74 Å². The second kappa shape index (κ2) is 5.05. The number of carbonyl (C=O) groups is 1. The second-order valence-electron chi connectivity index (χ2n) is 4.44. The Balaban J connectivity index is 2.41. The summed E-state index contributed by atoms with van der Waals surface area (Å²) in [5, 5.41) is 0. The van der Waals surface area contributed by atoms with E-state index in [1.54, 1.807) is 6.07 Å². The summed E-state index contributed by atoms with van der Waals surface area (Å²) in [6.07, 6.45) is 0. The minimum atomic E-state index is -0.298. The van der Waals surface area contributed by atoms with Crippen LogP contribution in [0.15, 0.2) is 42.5 Å². The topological polar surface area (TPSA) is 26.3 Å². The van der Waals surface area contributed by atoms with Crippen LogP contribution < -0.4 is 4.74 Å². The van der Waals surface area contributed by atoms with Gasteiger partial charge in [-0.3, -0.25) is 4.79 Å². The molecule has 18 heavy (non-hydrogen) atoms. The van der Waals surface area contributed by atoms with Crippen molar-refractivity contribution in [2.75, 3.05) is 0 Å². The SMILES string of the molecule is CC(=O)Oc1cccc(-c2ccc(C)cc2C)c1. The van der Waals surface area contributed by atoms with Gasteiger partial charge in [-0.2, -0.15) is 0 Å². The zero-order valence-electron chi connectivity index (χ0n) is 10.9. The highest BCUT2D eigenvalue weighted by Gasteiger charge is 2.04. The summed E-state index contributed by atoms with van der Waals surface area (Å²) in [7, 11) is 0. The van der Waals surface area contributed by atoms with Crippen LogP contribution in [0.3, 0.4) is 0 Å². The van der Waals surface area contributed by atoms with E-state index in [0.717, 1.165) is 11.1 Å². The van der Waals surface area contributed by atoms with Gasteiger partial charge in [-0.15, -0.1) is 0 Å². The fourth-order valence-corrected chi connectivity index (χ4v) is 2.03. The minimum absolute atomic E-state index is 0.298. The predicted molar refractivity (Wildman–Crippen MR) is 72.7 cm³/mol. The summed E-state index contributed by atoms with van der Waals surface area (Å²) in [5.74, 6) is 0.285. The molecule has 2 aromatic rings. The van der Waals surface area contributed by atoms with E-state index in [1.165, 1.54) is 18.1 Å². The molecule has 0 unspecified atom stereocenters. The summed E-state index contributed by atoms with van der Waals surface area (Å²) in [5.41, 5.74) is 4.68. The van der Waals surface area contributed by atoms with Crippen molar-refractivity contribution in [2.45, 2.75) is 20.8 Å². The van der Waals surface area contributed by atoms with Crippen LogP contribution in [0.1, 0.15) is 18.1 Å². The average molecular weight is 240 g/mol. The summed E-state index contributed by atoms with van der Waals surface area (Å²) >= 11 is 0. The van der Waals surface area contributed by atoms with Gasteiger partial charge in [0.05, 0.1) is 0 Å². The summed E-state index contributed by atoms with van der Waals surface area (Å²) < 4.78 is 5.10. The van der Waals surface area contributed by atoms with Gasteiger partial charge in [-0.25, -0.2) is 0 Å². The number of esters is 1. The third-order valence-corrected chi connectivity index (χ3v) is 2.79. The molecule has 0 saturated carbocycles. The molecule has 2 aromatic carbocycles. The summed E-state index contributed by atoms with van der Waals surface area (Å²) in [4.78, 5) is 11.0. The number of benzene rings is 2. The van der Waals surface area contributed by atoms with Gasteiger partial charge in [0, 0.05) is 6.92 Å². The number of hydrogen-bond donors (Lipinski definition) is 0. The second-order valence-corrected chi connectivity index (χ2v) is 4.44. The normalized spacial score (nSPS) is 10.2. The minimum Gasteiger partial charge on any atom is -0.427 e. The van der Waals surface area contributed by atoms with E-state index in [9.17, 15) is 4.79 Å². The Hall–Kier alpha value is -2.09. The van der Waals surface area contributed by atoms with Crippen LogP contribution in [0.4, 0.5) is 0 Å². The van der Waals surface area contributed by atoms with Gasteiger partial charge in [0.2, 0.25) is 0 Å². The molecule has 92 valence electrons. The van der Waals surface area contributed by atoms with Crippen molar-refractivity contribution < 1.29 is 9.53 Å². The first kappa shape index (κ1) is 12.4. The molecule has 0 atom stereocenters. The van der Waals surface area contributed by atoms with Crippen molar-refractivity contribution in [3.63, 3.8) is 0 Å². The molecule has 0 radical (unpaired) electrons. The predicted octanol–water partition coefficient (Wildman–Crippen LogP) is 3.90. The highest BCUT2D eigenvalue weighted by Crippen LogP contribution is 2.27. The molecule has 0 spiro atoms. The van der Waals surface area contributed by atoms with E-state index >= 15 is 0 Å². The van der Waals surface area contributed by atoms with Crippen LogP contribution in [0.2, 0.25) is 0 Å². The van der Waals surface area contributed by atoms with Crippen molar-refractivity contribution in [2.24, 2.45) is 0 Å². The number of ether oxygens (including phenoxy) is 1.